The summed E-state index contributed by atoms with van der Waals surface area (Å²) in [6.45, 7) is 12.1. The molecular weight excluding hydrogens is 306 g/mol. The van der Waals surface area contributed by atoms with Gasteiger partial charge in [0.15, 0.2) is 0 Å². The van der Waals surface area contributed by atoms with E-state index in [0.717, 1.165) is 59.0 Å². The highest BCUT2D eigenvalue weighted by Crippen LogP contribution is 2.23. The number of carbonyl (C=O) groups excluding carboxylic acids is 1. The lowest BCUT2D eigenvalue weighted by molar-refractivity contribution is 0.00171. The molecule has 0 aliphatic carbocycles. The first kappa shape index (κ1) is 18.0. The van der Waals surface area contributed by atoms with Gasteiger partial charge in [-0.15, -0.1) is 0 Å². The third-order valence-corrected chi connectivity index (χ3v) is 5.64. The Bertz CT molecular complexity index is 398. The third-order valence-electron chi connectivity index (χ3n) is 5.64. The number of ether oxygens (including phenoxy) is 2. The van der Waals surface area contributed by atoms with Crippen LogP contribution in [0.4, 0.5) is 4.79 Å². The van der Waals surface area contributed by atoms with E-state index in [-0.39, 0.29) is 6.03 Å². The van der Waals surface area contributed by atoms with Crippen molar-refractivity contribution in [2.24, 2.45) is 17.8 Å². The van der Waals surface area contributed by atoms with Crippen LogP contribution in [-0.4, -0.2) is 81.0 Å². The van der Waals surface area contributed by atoms with E-state index >= 15 is 0 Å². The van der Waals surface area contributed by atoms with E-state index in [0.29, 0.717) is 30.3 Å². The van der Waals surface area contributed by atoms with Gasteiger partial charge in [-0.25, -0.2) is 4.79 Å². The Morgan fingerprint density at radius 2 is 1.83 bits per heavy atom. The number of rotatable bonds is 4. The van der Waals surface area contributed by atoms with Gasteiger partial charge >= 0.3 is 6.03 Å². The minimum atomic E-state index is 0.102. The van der Waals surface area contributed by atoms with Crippen LogP contribution in [0, 0.1) is 17.8 Å². The number of nitrogens with one attached hydrogen (secondary N) is 1. The van der Waals surface area contributed by atoms with Crippen molar-refractivity contribution in [3.63, 3.8) is 0 Å². The summed E-state index contributed by atoms with van der Waals surface area (Å²) in [5, 5.41) is 3.22. The number of piperidine rings is 1. The maximum atomic E-state index is 12.6. The summed E-state index contributed by atoms with van der Waals surface area (Å²) in [6.07, 6.45) is 2.31. The molecule has 3 saturated heterocycles. The number of amides is 2. The Balaban J connectivity index is 1.55. The average molecular weight is 339 g/mol. The second kappa shape index (κ2) is 8.50. The monoisotopic (exact) mass is 339 g/mol. The lowest BCUT2D eigenvalue weighted by Crippen LogP contribution is -2.55. The van der Waals surface area contributed by atoms with E-state index in [1.54, 1.807) is 0 Å². The normalized spacial score (nSPS) is 33.4. The SMILES string of the molecule is C[C@@H]1C[C@H](C)CN(C(=O)NC[C@H]([C@@H]2CCOC2)N2CCOCC2)C1. The smallest absolute Gasteiger partial charge is 0.317 e. The summed E-state index contributed by atoms with van der Waals surface area (Å²) >= 11 is 0. The quantitative estimate of drug-likeness (QED) is 0.841. The molecule has 6 heteroatoms. The zero-order valence-electron chi connectivity index (χ0n) is 15.2. The highest BCUT2D eigenvalue weighted by Gasteiger charge is 2.32. The minimum absolute atomic E-state index is 0.102. The van der Waals surface area contributed by atoms with Gasteiger partial charge in [0.1, 0.15) is 0 Å². The molecule has 0 unspecified atom stereocenters. The predicted molar refractivity (Wildman–Crippen MR) is 93.0 cm³/mol. The average Bonchev–Trinajstić information content (AvgIpc) is 3.09. The number of carbonyl (C=O) groups is 1. The molecule has 0 aromatic heterocycles. The van der Waals surface area contributed by atoms with Gasteiger partial charge in [0.2, 0.25) is 0 Å². The minimum Gasteiger partial charge on any atom is -0.381 e. The molecule has 0 spiro atoms. The summed E-state index contributed by atoms with van der Waals surface area (Å²) in [7, 11) is 0. The fraction of sp³-hybridized carbons (Fsp3) is 0.944. The van der Waals surface area contributed by atoms with Crippen molar-refractivity contribution in [2.45, 2.75) is 32.7 Å². The molecule has 1 N–H and O–H groups in total. The first-order chi connectivity index (χ1) is 11.6. The van der Waals surface area contributed by atoms with Crippen LogP contribution in [-0.2, 0) is 9.47 Å². The molecular formula is C18H33N3O3. The number of urea groups is 1. The summed E-state index contributed by atoms with van der Waals surface area (Å²) in [4.78, 5) is 17.1. The summed E-state index contributed by atoms with van der Waals surface area (Å²) in [5.41, 5.74) is 0. The zero-order valence-corrected chi connectivity index (χ0v) is 15.2. The second-order valence-electron chi connectivity index (χ2n) is 7.88. The van der Waals surface area contributed by atoms with Crippen LogP contribution in [0.2, 0.25) is 0 Å². The molecule has 6 nitrogen and oxygen atoms in total. The summed E-state index contributed by atoms with van der Waals surface area (Å²) in [6, 6.07) is 0.463. The molecule has 0 radical (unpaired) electrons. The Labute approximate surface area is 145 Å². The summed E-state index contributed by atoms with van der Waals surface area (Å²) in [5.74, 6) is 1.71. The number of nitrogens with zero attached hydrogens (tertiary/aromatic N) is 2. The van der Waals surface area contributed by atoms with Gasteiger partial charge in [0.05, 0.1) is 19.8 Å². The largest absolute Gasteiger partial charge is 0.381 e. The molecule has 3 aliphatic heterocycles. The predicted octanol–water partition coefficient (Wildman–Crippen LogP) is 1.41. The highest BCUT2D eigenvalue weighted by atomic mass is 16.5. The molecule has 0 saturated carbocycles. The lowest BCUT2D eigenvalue weighted by Gasteiger charge is -2.39. The molecule has 0 aromatic rings. The molecule has 3 aliphatic rings. The van der Waals surface area contributed by atoms with E-state index in [1.165, 1.54) is 6.42 Å². The molecule has 0 bridgehead atoms. The van der Waals surface area contributed by atoms with Gasteiger partial charge in [0.25, 0.3) is 0 Å². The molecule has 2 amide bonds. The Hall–Kier alpha value is -0.850. The fourth-order valence-corrected chi connectivity index (χ4v) is 4.49. The van der Waals surface area contributed by atoms with Gasteiger partial charge in [-0.3, -0.25) is 4.90 Å². The van der Waals surface area contributed by atoms with Crippen LogP contribution >= 0.6 is 0 Å². The van der Waals surface area contributed by atoms with Gasteiger partial charge in [-0.1, -0.05) is 13.8 Å². The Morgan fingerprint density at radius 1 is 1.12 bits per heavy atom. The van der Waals surface area contributed by atoms with Crippen molar-refractivity contribution in [2.75, 3.05) is 59.2 Å². The van der Waals surface area contributed by atoms with Crippen LogP contribution in [0.25, 0.3) is 0 Å². The molecule has 3 heterocycles. The lowest BCUT2D eigenvalue weighted by atomic mass is 9.92. The number of hydrogen-bond acceptors (Lipinski definition) is 4. The second-order valence-corrected chi connectivity index (χ2v) is 7.88. The van der Waals surface area contributed by atoms with Crippen molar-refractivity contribution in [3.05, 3.63) is 0 Å². The van der Waals surface area contributed by atoms with Crippen LogP contribution in [0.15, 0.2) is 0 Å². The number of hydrogen-bond donors (Lipinski definition) is 1. The maximum absolute atomic E-state index is 12.6. The standard InChI is InChI=1S/C18H33N3O3/c1-14-9-15(2)12-21(11-14)18(22)19-10-17(16-3-6-24-13-16)20-4-7-23-8-5-20/h14-17H,3-13H2,1-2H3,(H,19,22)/t14-,15+,16-,17-/m1/s1. The van der Waals surface area contributed by atoms with Crippen molar-refractivity contribution >= 4 is 6.03 Å². The summed E-state index contributed by atoms with van der Waals surface area (Å²) < 4.78 is 11.1. The molecule has 138 valence electrons. The van der Waals surface area contributed by atoms with Crippen molar-refractivity contribution < 1.29 is 14.3 Å². The number of likely N-dealkylation sites (tertiary alicyclic amines) is 1. The molecule has 3 fully saturated rings. The molecule has 0 aromatic carbocycles. The van der Waals surface area contributed by atoms with E-state index in [2.05, 4.69) is 24.1 Å². The van der Waals surface area contributed by atoms with Crippen LogP contribution in [0.1, 0.15) is 26.7 Å². The van der Waals surface area contributed by atoms with E-state index in [9.17, 15) is 4.79 Å². The van der Waals surface area contributed by atoms with E-state index in [1.807, 2.05) is 4.90 Å². The zero-order chi connectivity index (χ0) is 16.9. The van der Waals surface area contributed by atoms with Crippen LogP contribution in [0.5, 0.6) is 0 Å². The van der Waals surface area contributed by atoms with Gasteiger partial charge in [0, 0.05) is 51.3 Å². The first-order valence-corrected chi connectivity index (χ1v) is 9.55. The van der Waals surface area contributed by atoms with Crippen molar-refractivity contribution in [1.82, 2.24) is 15.1 Å². The Morgan fingerprint density at radius 3 is 2.46 bits per heavy atom. The van der Waals surface area contributed by atoms with Gasteiger partial charge < -0.3 is 19.7 Å². The molecule has 3 rings (SSSR count). The maximum Gasteiger partial charge on any atom is 0.317 e. The highest BCUT2D eigenvalue weighted by molar-refractivity contribution is 5.74. The van der Waals surface area contributed by atoms with E-state index in [4.69, 9.17) is 9.47 Å². The third kappa shape index (κ3) is 4.61. The van der Waals surface area contributed by atoms with E-state index < -0.39 is 0 Å². The Kier molecular flexibility index (Phi) is 6.36. The van der Waals surface area contributed by atoms with Crippen molar-refractivity contribution in [1.29, 1.82) is 0 Å². The van der Waals surface area contributed by atoms with Crippen LogP contribution < -0.4 is 5.32 Å². The van der Waals surface area contributed by atoms with Gasteiger partial charge in [-0.2, -0.15) is 0 Å². The fourth-order valence-electron chi connectivity index (χ4n) is 4.49. The first-order valence-electron chi connectivity index (χ1n) is 9.55. The molecule has 4 atom stereocenters. The topological polar surface area (TPSA) is 54.0 Å². The number of morpholine rings is 1. The molecule has 24 heavy (non-hydrogen) atoms. The van der Waals surface area contributed by atoms with Crippen molar-refractivity contribution in [3.8, 4) is 0 Å². The van der Waals surface area contributed by atoms with Gasteiger partial charge in [-0.05, 0) is 24.7 Å². The van der Waals surface area contributed by atoms with Crippen LogP contribution in [0.3, 0.4) is 0 Å².